The molecule has 7 heavy (non-hydrogen) atoms. The molecule has 0 saturated heterocycles. The molecular formula is C5H5F2. The fraction of sp³-hybridized carbons (Fsp3) is 0.600. The van der Waals surface area contributed by atoms with Crippen LogP contribution in [0.1, 0.15) is 12.8 Å². The van der Waals surface area contributed by atoms with Gasteiger partial charge in [-0.1, -0.05) is 0 Å². The predicted octanol–water partition coefficient (Wildman–Crippen LogP) is 1.77. The highest BCUT2D eigenvalue weighted by molar-refractivity contribution is 4.99. The Kier molecular flexibility index (Phi) is 1.09. The zero-order valence-corrected chi connectivity index (χ0v) is 3.75. The zero-order valence-electron chi connectivity index (χ0n) is 3.75. The van der Waals surface area contributed by atoms with Crippen molar-refractivity contribution < 1.29 is 8.78 Å². The SMILES string of the molecule is FC1=[C]CCC1F. The molecule has 0 amide bonds. The lowest BCUT2D eigenvalue weighted by molar-refractivity contribution is 0.330. The summed E-state index contributed by atoms with van der Waals surface area (Å²) < 4.78 is 23.6. The number of rotatable bonds is 0. The maximum atomic E-state index is 11.8. The third kappa shape index (κ3) is 0.787. The smallest absolute Gasteiger partial charge is 0.152 e. The Morgan fingerprint density at radius 2 is 2.43 bits per heavy atom. The normalized spacial score (nSPS) is 30.6. The van der Waals surface area contributed by atoms with Crippen molar-refractivity contribution in [1.29, 1.82) is 0 Å². The summed E-state index contributed by atoms with van der Waals surface area (Å²) in [6, 6.07) is 0. The van der Waals surface area contributed by atoms with E-state index in [1.54, 1.807) is 0 Å². The van der Waals surface area contributed by atoms with Crippen molar-refractivity contribution in [2.45, 2.75) is 19.0 Å². The molecule has 0 saturated carbocycles. The van der Waals surface area contributed by atoms with Gasteiger partial charge in [0.2, 0.25) is 0 Å². The predicted molar refractivity (Wildman–Crippen MR) is 22.0 cm³/mol. The van der Waals surface area contributed by atoms with Gasteiger partial charge >= 0.3 is 0 Å². The minimum atomic E-state index is -1.35. The maximum absolute atomic E-state index is 11.8. The van der Waals surface area contributed by atoms with Gasteiger partial charge in [-0.25, -0.2) is 8.78 Å². The van der Waals surface area contributed by atoms with E-state index in [2.05, 4.69) is 6.08 Å². The van der Waals surface area contributed by atoms with Gasteiger partial charge in [0.25, 0.3) is 0 Å². The molecule has 0 fully saturated rings. The van der Waals surface area contributed by atoms with Crippen molar-refractivity contribution >= 4 is 0 Å². The highest BCUT2D eigenvalue weighted by Crippen LogP contribution is 2.21. The number of allylic oxidation sites excluding steroid dienone is 2. The van der Waals surface area contributed by atoms with E-state index < -0.39 is 12.0 Å². The Balaban J connectivity index is 2.54. The van der Waals surface area contributed by atoms with Gasteiger partial charge in [-0.3, -0.25) is 0 Å². The molecule has 0 aromatic rings. The molecule has 1 aliphatic carbocycles. The monoisotopic (exact) mass is 103 g/mol. The molecule has 1 unspecified atom stereocenters. The summed E-state index contributed by atoms with van der Waals surface area (Å²) >= 11 is 0. The Bertz CT molecular complexity index is 96.3. The summed E-state index contributed by atoms with van der Waals surface area (Å²) in [5.74, 6) is -0.708. The average Bonchev–Trinajstić information content (AvgIpc) is 1.91. The van der Waals surface area contributed by atoms with E-state index in [0.29, 0.717) is 6.42 Å². The van der Waals surface area contributed by atoms with E-state index in [9.17, 15) is 8.78 Å². The second-order valence-electron chi connectivity index (χ2n) is 1.53. The third-order valence-corrected chi connectivity index (χ3v) is 0.967. The minimum Gasteiger partial charge on any atom is -0.240 e. The summed E-state index contributed by atoms with van der Waals surface area (Å²) in [5, 5.41) is 0. The van der Waals surface area contributed by atoms with Crippen LogP contribution in [0.4, 0.5) is 8.78 Å². The van der Waals surface area contributed by atoms with Gasteiger partial charge < -0.3 is 0 Å². The standard InChI is InChI=1S/C5H5F2/c6-4-2-1-3-5(4)7/h4H,1-2H2. The molecule has 1 radical (unpaired) electrons. The van der Waals surface area contributed by atoms with Gasteiger partial charge in [-0.15, -0.1) is 0 Å². The van der Waals surface area contributed by atoms with Gasteiger partial charge in [-0.05, 0) is 18.9 Å². The summed E-state index contributed by atoms with van der Waals surface area (Å²) in [4.78, 5) is 0. The summed E-state index contributed by atoms with van der Waals surface area (Å²) in [7, 11) is 0. The second-order valence-corrected chi connectivity index (χ2v) is 1.53. The largest absolute Gasteiger partial charge is 0.240 e. The summed E-state index contributed by atoms with van der Waals surface area (Å²) in [6.07, 6.45) is 1.62. The van der Waals surface area contributed by atoms with Crippen LogP contribution in [0.2, 0.25) is 0 Å². The maximum Gasteiger partial charge on any atom is 0.152 e. The summed E-state index contributed by atoms with van der Waals surface area (Å²) in [5.41, 5.74) is 0. The average molecular weight is 103 g/mol. The lowest BCUT2D eigenvalue weighted by Crippen LogP contribution is -1.90. The molecule has 0 aromatic heterocycles. The molecule has 2 heteroatoms. The lowest BCUT2D eigenvalue weighted by atomic mass is 10.3. The van der Waals surface area contributed by atoms with Crippen LogP contribution in [-0.4, -0.2) is 6.17 Å². The molecule has 0 bridgehead atoms. The van der Waals surface area contributed by atoms with Crippen LogP contribution in [0, 0.1) is 6.08 Å². The molecule has 0 aromatic carbocycles. The Hall–Kier alpha value is -0.400. The van der Waals surface area contributed by atoms with Crippen LogP contribution in [0.3, 0.4) is 0 Å². The molecule has 0 aliphatic heterocycles. The molecule has 0 spiro atoms. The van der Waals surface area contributed by atoms with E-state index in [0.717, 1.165) is 0 Å². The van der Waals surface area contributed by atoms with Crippen LogP contribution in [0.5, 0.6) is 0 Å². The molecule has 0 nitrogen and oxygen atoms in total. The Morgan fingerprint density at radius 3 is 2.57 bits per heavy atom. The first-order valence-corrected chi connectivity index (χ1v) is 2.21. The first kappa shape index (κ1) is 4.75. The molecule has 1 rings (SSSR count). The number of hydrogen-bond donors (Lipinski definition) is 0. The van der Waals surface area contributed by atoms with E-state index in [-0.39, 0.29) is 6.42 Å². The number of alkyl halides is 1. The van der Waals surface area contributed by atoms with Gasteiger partial charge in [0.05, 0.1) is 0 Å². The van der Waals surface area contributed by atoms with Crippen molar-refractivity contribution in [3.8, 4) is 0 Å². The van der Waals surface area contributed by atoms with Crippen molar-refractivity contribution in [3.05, 3.63) is 11.9 Å². The quantitative estimate of drug-likeness (QED) is 0.438. The highest BCUT2D eigenvalue weighted by Gasteiger charge is 2.17. The van der Waals surface area contributed by atoms with Crippen molar-refractivity contribution in [2.75, 3.05) is 0 Å². The first-order valence-electron chi connectivity index (χ1n) is 2.21. The fourth-order valence-corrected chi connectivity index (χ4v) is 0.556. The minimum absolute atomic E-state index is 0.284. The number of hydrogen-bond acceptors (Lipinski definition) is 0. The first-order chi connectivity index (χ1) is 3.30. The van der Waals surface area contributed by atoms with Crippen LogP contribution in [-0.2, 0) is 0 Å². The van der Waals surface area contributed by atoms with Gasteiger partial charge in [0.1, 0.15) is 5.83 Å². The topological polar surface area (TPSA) is 0 Å². The van der Waals surface area contributed by atoms with Crippen molar-refractivity contribution in [3.63, 3.8) is 0 Å². The lowest BCUT2D eigenvalue weighted by Gasteiger charge is -1.90. The zero-order chi connectivity index (χ0) is 5.28. The van der Waals surface area contributed by atoms with E-state index in [4.69, 9.17) is 0 Å². The van der Waals surface area contributed by atoms with Gasteiger partial charge in [0.15, 0.2) is 6.17 Å². The Morgan fingerprint density at radius 1 is 1.71 bits per heavy atom. The van der Waals surface area contributed by atoms with Gasteiger partial charge in [0, 0.05) is 0 Å². The van der Waals surface area contributed by atoms with Gasteiger partial charge in [-0.2, -0.15) is 0 Å². The van der Waals surface area contributed by atoms with Crippen molar-refractivity contribution in [1.82, 2.24) is 0 Å². The van der Waals surface area contributed by atoms with E-state index in [1.165, 1.54) is 0 Å². The van der Waals surface area contributed by atoms with E-state index >= 15 is 0 Å². The molecule has 1 aliphatic rings. The highest BCUT2D eigenvalue weighted by atomic mass is 19.2. The van der Waals surface area contributed by atoms with Crippen LogP contribution < -0.4 is 0 Å². The van der Waals surface area contributed by atoms with Crippen LogP contribution in [0.15, 0.2) is 5.83 Å². The second kappa shape index (κ2) is 1.60. The van der Waals surface area contributed by atoms with E-state index in [1.807, 2.05) is 0 Å². The molecule has 1 atom stereocenters. The molecular weight excluding hydrogens is 98.1 g/mol. The van der Waals surface area contributed by atoms with Crippen molar-refractivity contribution in [2.24, 2.45) is 0 Å². The van der Waals surface area contributed by atoms with Crippen LogP contribution >= 0.6 is 0 Å². The summed E-state index contributed by atoms with van der Waals surface area (Å²) in [6.45, 7) is 0. The fourth-order valence-electron chi connectivity index (χ4n) is 0.556. The number of halogens is 2. The Labute approximate surface area is 40.8 Å². The molecule has 0 N–H and O–H groups in total. The third-order valence-electron chi connectivity index (χ3n) is 0.967. The molecule has 39 valence electrons. The molecule has 0 heterocycles. The van der Waals surface area contributed by atoms with Crippen LogP contribution in [0.25, 0.3) is 0 Å².